The van der Waals surface area contributed by atoms with E-state index in [4.69, 9.17) is 0 Å². The van der Waals surface area contributed by atoms with Gasteiger partial charge in [-0.25, -0.2) is 4.98 Å². The van der Waals surface area contributed by atoms with Crippen molar-refractivity contribution in [3.05, 3.63) is 42.2 Å². The molecule has 1 unspecified atom stereocenters. The molecule has 1 N–H and O–H groups in total. The van der Waals surface area contributed by atoms with E-state index in [0.717, 1.165) is 25.3 Å². The molecule has 0 aliphatic carbocycles. The lowest BCUT2D eigenvalue weighted by atomic mass is 10.2. The number of anilines is 1. The van der Waals surface area contributed by atoms with Crippen LogP contribution >= 0.6 is 43.2 Å². The number of aromatic nitrogens is 1. The molecule has 102 valence electrons. The average molecular weight is 404 g/mol. The lowest BCUT2D eigenvalue weighted by Crippen LogP contribution is -2.07. The topological polar surface area (TPSA) is 24.9 Å². The molecule has 0 amide bonds. The summed E-state index contributed by atoms with van der Waals surface area (Å²) in [6.07, 6.45) is 0. The average Bonchev–Trinajstić information content (AvgIpc) is 2.62. The van der Waals surface area contributed by atoms with Gasteiger partial charge in [-0.3, -0.25) is 0 Å². The van der Waals surface area contributed by atoms with Crippen molar-refractivity contribution < 1.29 is 0 Å². The predicted molar refractivity (Wildman–Crippen MR) is 90.2 cm³/mol. The quantitative estimate of drug-likeness (QED) is 0.703. The van der Waals surface area contributed by atoms with Crippen molar-refractivity contribution in [2.75, 3.05) is 5.32 Å². The molecule has 0 radical (unpaired) electrons. The van der Waals surface area contributed by atoms with Crippen LogP contribution in [0, 0.1) is 20.8 Å². The normalized spacial score (nSPS) is 12.5. The van der Waals surface area contributed by atoms with E-state index in [2.05, 4.69) is 75.1 Å². The highest BCUT2D eigenvalue weighted by molar-refractivity contribution is 9.11. The molecule has 2 aromatic rings. The molecule has 2 rings (SSSR count). The second-order valence-corrected chi connectivity index (χ2v) is 7.60. The maximum atomic E-state index is 4.49. The smallest absolute Gasteiger partial charge is 0.0900 e. The summed E-state index contributed by atoms with van der Waals surface area (Å²) in [6, 6.07) is 4.47. The van der Waals surface area contributed by atoms with Crippen LogP contribution in [0.15, 0.2) is 21.1 Å². The van der Waals surface area contributed by atoms with E-state index in [0.29, 0.717) is 0 Å². The first-order valence-corrected chi connectivity index (χ1v) is 8.45. The van der Waals surface area contributed by atoms with Gasteiger partial charge in [-0.05, 0) is 77.3 Å². The van der Waals surface area contributed by atoms with Crippen LogP contribution in [-0.4, -0.2) is 4.98 Å². The SMILES string of the molecule is Cc1cc(Br)c(NC(C)c2sc(C)nc2C)c(Br)c1. The molecule has 19 heavy (non-hydrogen) atoms. The molecule has 1 heterocycles. The summed E-state index contributed by atoms with van der Waals surface area (Å²) in [5.74, 6) is 0. The molecule has 1 aromatic carbocycles. The third kappa shape index (κ3) is 3.38. The van der Waals surface area contributed by atoms with Gasteiger partial charge in [0, 0.05) is 13.8 Å². The van der Waals surface area contributed by atoms with Gasteiger partial charge in [-0.2, -0.15) is 0 Å². The molecule has 5 heteroatoms. The Hall–Kier alpha value is -0.390. The molecule has 0 saturated carbocycles. The van der Waals surface area contributed by atoms with Crippen molar-refractivity contribution >= 4 is 48.9 Å². The molecular formula is C14H16Br2N2S. The first kappa shape index (κ1) is 15.0. The van der Waals surface area contributed by atoms with Gasteiger partial charge in [0.15, 0.2) is 0 Å². The number of nitrogens with zero attached hydrogens (tertiary/aromatic N) is 1. The van der Waals surface area contributed by atoms with Crippen LogP contribution in [0.5, 0.6) is 0 Å². The molecule has 2 nitrogen and oxygen atoms in total. The van der Waals surface area contributed by atoms with E-state index in [9.17, 15) is 0 Å². The number of hydrogen-bond donors (Lipinski definition) is 1. The lowest BCUT2D eigenvalue weighted by Gasteiger charge is -2.17. The first-order valence-electron chi connectivity index (χ1n) is 6.04. The van der Waals surface area contributed by atoms with Crippen LogP contribution in [0.25, 0.3) is 0 Å². The summed E-state index contributed by atoms with van der Waals surface area (Å²) in [5.41, 5.74) is 3.42. The number of aryl methyl sites for hydroxylation is 3. The third-order valence-corrected chi connectivity index (χ3v) is 5.39. The number of hydrogen-bond acceptors (Lipinski definition) is 3. The van der Waals surface area contributed by atoms with E-state index in [1.807, 2.05) is 6.92 Å². The van der Waals surface area contributed by atoms with Gasteiger partial charge < -0.3 is 5.32 Å². The molecule has 1 atom stereocenters. The van der Waals surface area contributed by atoms with Gasteiger partial charge in [0.1, 0.15) is 0 Å². The number of rotatable bonds is 3. The molecule has 0 fully saturated rings. The second kappa shape index (κ2) is 5.94. The van der Waals surface area contributed by atoms with Crippen molar-refractivity contribution in [1.82, 2.24) is 4.98 Å². The van der Waals surface area contributed by atoms with Crippen molar-refractivity contribution in [1.29, 1.82) is 0 Å². The minimum Gasteiger partial charge on any atom is -0.376 e. The fourth-order valence-corrected chi connectivity index (χ4v) is 4.64. The van der Waals surface area contributed by atoms with Crippen molar-refractivity contribution in [3.8, 4) is 0 Å². The fourth-order valence-electron chi connectivity index (χ4n) is 2.07. The van der Waals surface area contributed by atoms with Crippen molar-refractivity contribution in [2.45, 2.75) is 33.7 Å². The zero-order chi connectivity index (χ0) is 14.2. The van der Waals surface area contributed by atoms with Crippen LogP contribution in [-0.2, 0) is 0 Å². The second-order valence-electron chi connectivity index (χ2n) is 4.65. The maximum absolute atomic E-state index is 4.49. The lowest BCUT2D eigenvalue weighted by molar-refractivity contribution is 0.887. The summed E-state index contributed by atoms with van der Waals surface area (Å²) in [5, 5.41) is 4.67. The van der Waals surface area contributed by atoms with Crippen LogP contribution in [0.4, 0.5) is 5.69 Å². The Bertz CT molecular complexity index is 584. The highest BCUT2D eigenvalue weighted by atomic mass is 79.9. The minimum absolute atomic E-state index is 0.238. The molecule has 0 aliphatic heterocycles. The summed E-state index contributed by atoms with van der Waals surface area (Å²) in [4.78, 5) is 5.78. The number of nitrogens with one attached hydrogen (secondary N) is 1. The standard InChI is InChI=1S/C14H16Br2N2S/c1-7-5-11(15)13(12(16)6-7)18-9(3)14-8(2)17-10(4)19-14/h5-6,9,18H,1-4H3. The van der Waals surface area contributed by atoms with Gasteiger partial charge in [0.2, 0.25) is 0 Å². The van der Waals surface area contributed by atoms with Crippen molar-refractivity contribution in [2.24, 2.45) is 0 Å². The molecule has 1 aromatic heterocycles. The third-order valence-electron chi connectivity index (χ3n) is 2.88. The van der Waals surface area contributed by atoms with Gasteiger partial charge in [0.05, 0.1) is 22.4 Å². The highest BCUT2D eigenvalue weighted by Crippen LogP contribution is 2.36. The highest BCUT2D eigenvalue weighted by Gasteiger charge is 2.15. The van der Waals surface area contributed by atoms with Crippen LogP contribution < -0.4 is 5.32 Å². The first-order chi connectivity index (χ1) is 8.88. The van der Waals surface area contributed by atoms with Gasteiger partial charge in [-0.15, -0.1) is 11.3 Å². The molecule has 0 saturated heterocycles. The summed E-state index contributed by atoms with van der Waals surface area (Å²) >= 11 is 8.99. The van der Waals surface area contributed by atoms with Crippen LogP contribution in [0.2, 0.25) is 0 Å². The summed E-state index contributed by atoms with van der Waals surface area (Å²) < 4.78 is 2.15. The maximum Gasteiger partial charge on any atom is 0.0900 e. The van der Waals surface area contributed by atoms with Crippen LogP contribution in [0.1, 0.15) is 34.1 Å². The van der Waals surface area contributed by atoms with E-state index in [1.54, 1.807) is 11.3 Å². The minimum atomic E-state index is 0.238. The van der Waals surface area contributed by atoms with Crippen molar-refractivity contribution in [3.63, 3.8) is 0 Å². The Morgan fingerprint density at radius 2 is 1.74 bits per heavy atom. The Morgan fingerprint density at radius 3 is 2.21 bits per heavy atom. The Balaban J connectivity index is 2.29. The van der Waals surface area contributed by atoms with E-state index in [-0.39, 0.29) is 6.04 Å². The predicted octanol–water partition coefficient (Wildman–Crippen LogP) is 5.77. The van der Waals surface area contributed by atoms with E-state index >= 15 is 0 Å². The Kier molecular flexibility index (Phi) is 4.69. The Labute approximate surface area is 134 Å². The molecular weight excluding hydrogens is 388 g/mol. The van der Waals surface area contributed by atoms with E-state index < -0.39 is 0 Å². The molecule has 0 bridgehead atoms. The molecule has 0 spiro atoms. The zero-order valence-corrected chi connectivity index (χ0v) is 15.3. The fraction of sp³-hybridized carbons (Fsp3) is 0.357. The number of halogens is 2. The Morgan fingerprint density at radius 1 is 1.16 bits per heavy atom. The zero-order valence-electron chi connectivity index (χ0n) is 11.3. The monoisotopic (exact) mass is 402 g/mol. The molecule has 0 aliphatic rings. The van der Waals surface area contributed by atoms with Gasteiger partial charge in [-0.1, -0.05) is 0 Å². The summed E-state index contributed by atoms with van der Waals surface area (Å²) in [7, 11) is 0. The van der Waals surface area contributed by atoms with Gasteiger partial charge >= 0.3 is 0 Å². The van der Waals surface area contributed by atoms with Crippen LogP contribution in [0.3, 0.4) is 0 Å². The summed E-state index contributed by atoms with van der Waals surface area (Å²) in [6.45, 7) is 8.36. The number of benzene rings is 1. The van der Waals surface area contributed by atoms with Gasteiger partial charge in [0.25, 0.3) is 0 Å². The number of thiazole rings is 1. The largest absolute Gasteiger partial charge is 0.376 e. The van der Waals surface area contributed by atoms with E-state index in [1.165, 1.54) is 10.4 Å².